The molecule has 1 spiro atoms. The third-order valence-electron chi connectivity index (χ3n) is 6.79. The summed E-state index contributed by atoms with van der Waals surface area (Å²) in [5, 5.41) is 0. The number of piperidine rings is 1. The number of pyridine rings is 1. The molecule has 4 heterocycles. The number of carbonyl (C=O) groups excluding carboxylic acids is 2. The number of carbonyl (C=O) groups is 2. The van der Waals surface area contributed by atoms with Gasteiger partial charge in [-0.15, -0.1) is 0 Å². The molecule has 5 rings (SSSR count). The number of amides is 3. The summed E-state index contributed by atoms with van der Waals surface area (Å²) in [7, 11) is 3.80. The molecule has 1 aromatic carbocycles. The number of nitrogens with zero attached hydrogens (tertiary/aromatic N) is 6. The fraction of sp³-hybridized carbons (Fsp3) is 0.391. The predicted octanol–water partition coefficient (Wildman–Crippen LogP) is 2.40. The molecule has 2 aromatic heterocycles. The first kappa shape index (κ1) is 19.7. The summed E-state index contributed by atoms with van der Waals surface area (Å²) >= 11 is 0. The number of aryl methyl sites for hydroxylation is 1. The minimum atomic E-state index is -0.748. The van der Waals surface area contributed by atoms with Gasteiger partial charge in [0.1, 0.15) is 11.4 Å². The van der Waals surface area contributed by atoms with Gasteiger partial charge < -0.3 is 9.47 Å². The van der Waals surface area contributed by atoms with Crippen LogP contribution in [0.25, 0.3) is 11.0 Å². The highest BCUT2D eigenvalue weighted by molar-refractivity contribution is 6.06. The number of hydrogen-bond donors (Lipinski definition) is 0. The Morgan fingerprint density at radius 2 is 1.77 bits per heavy atom. The number of urea groups is 1. The lowest BCUT2D eigenvalue weighted by Gasteiger charge is -2.40. The predicted molar refractivity (Wildman–Crippen MR) is 116 cm³/mol. The fourth-order valence-corrected chi connectivity index (χ4v) is 4.83. The molecule has 8 nitrogen and oxygen atoms in total. The molecule has 2 aliphatic rings. The van der Waals surface area contributed by atoms with Gasteiger partial charge in [0.15, 0.2) is 0 Å². The van der Waals surface area contributed by atoms with Crippen molar-refractivity contribution in [2.24, 2.45) is 7.05 Å². The standard InChI is InChI=1S/C23H26N6O2/c1-26-19-8-4-3-7-18(19)25-20(26)16-28-12-9-23(10-13-28)21(30)29(22(31)27(23)2)15-17-6-5-11-24-14-17/h3-8,11,14H,9-10,12-13,15-16H2,1-2H3. The Morgan fingerprint density at radius 3 is 2.48 bits per heavy atom. The summed E-state index contributed by atoms with van der Waals surface area (Å²) < 4.78 is 2.13. The van der Waals surface area contributed by atoms with Crippen LogP contribution < -0.4 is 0 Å². The number of likely N-dealkylation sites (tertiary alicyclic amines) is 1. The second-order valence-electron chi connectivity index (χ2n) is 8.48. The Bertz CT molecular complexity index is 1130. The molecule has 3 amide bonds. The van der Waals surface area contributed by atoms with Gasteiger partial charge in [0.05, 0.1) is 24.1 Å². The highest BCUT2D eigenvalue weighted by atomic mass is 16.2. The lowest BCUT2D eigenvalue weighted by Crippen LogP contribution is -2.55. The number of imidazole rings is 1. The highest BCUT2D eigenvalue weighted by Crippen LogP contribution is 2.37. The van der Waals surface area contributed by atoms with Gasteiger partial charge in [-0.25, -0.2) is 9.78 Å². The third-order valence-corrected chi connectivity index (χ3v) is 6.79. The van der Waals surface area contributed by atoms with E-state index in [4.69, 9.17) is 4.98 Å². The maximum Gasteiger partial charge on any atom is 0.327 e. The Balaban J connectivity index is 1.30. The van der Waals surface area contributed by atoms with Gasteiger partial charge in [-0.1, -0.05) is 18.2 Å². The van der Waals surface area contributed by atoms with Crippen LogP contribution in [0.1, 0.15) is 24.2 Å². The van der Waals surface area contributed by atoms with Crippen molar-refractivity contribution in [2.45, 2.75) is 31.5 Å². The molecule has 2 saturated heterocycles. The molecule has 3 aromatic rings. The topological polar surface area (TPSA) is 74.6 Å². The number of para-hydroxylation sites is 2. The molecule has 0 radical (unpaired) electrons. The molecule has 2 aliphatic heterocycles. The van der Waals surface area contributed by atoms with Crippen LogP contribution in [0.5, 0.6) is 0 Å². The lowest BCUT2D eigenvalue weighted by molar-refractivity contribution is -0.135. The number of rotatable bonds is 4. The Hall–Kier alpha value is -3.26. The van der Waals surface area contributed by atoms with Crippen LogP contribution in [0.2, 0.25) is 0 Å². The second kappa shape index (κ2) is 7.46. The fourth-order valence-electron chi connectivity index (χ4n) is 4.83. The van der Waals surface area contributed by atoms with Crippen LogP contribution in [-0.2, 0) is 24.9 Å². The Labute approximate surface area is 181 Å². The van der Waals surface area contributed by atoms with E-state index in [-0.39, 0.29) is 18.5 Å². The number of aromatic nitrogens is 3. The zero-order valence-corrected chi connectivity index (χ0v) is 17.9. The average molecular weight is 419 g/mol. The van der Waals surface area contributed by atoms with Gasteiger partial charge in [-0.05, 0) is 36.6 Å². The van der Waals surface area contributed by atoms with Gasteiger partial charge in [0, 0.05) is 39.6 Å². The van der Waals surface area contributed by atoms with Gasteiger partial charge in [0.25, 0.3) is 5.91 Å². The van der Waals surface area contributed by atoms with Crippen molar-refractivity contribution in [1.82, 2.24) is 29.2 Å². The van der Waals surface area contributed by atoms with Crippen LogP contribution in [0, 0.1) is 0 Å². The first-order chi connectivity index (χ1) is 15.0. The molecule has 31 heavy (non-hydrogen) atoms. The van der Waals surface area contributed by atoms with Crippen LogP contribution in [-0.4, -0.2) is 66.8 Å². The summed E-state index contributed by atoms with van der Waals surface area (Å²) in [4.78, 5) is 40.5. The van der Waals surface area contributed by atoms with Crippen molar-refractivity contribution < 1.29 is 9.59 Å². The SMILES string of the molecule is CN1C(=O)N(Cc2cccnc2)C(=O)C12CCN(Cc1nc3ccccc3n1C)CC2. The van der Waals surface area contributed by atoms with Crippen LogP contribution >= 0.6 is 0 Å². The van der Waals surface area contributed by atoms with E-state index >= 15 is 0 Å². The molecule has 0 bridgehead atoms. The molecular formula is C23H26N6O2. The van der Waals surface area contributed by atoms with Crippen LogP contribution in [0.15, 0.2) is 48.8 Å². The van der Waals surface area contributed by atoms with Crippen molar-refractivity contribution in [3.8, 4) is 0 Å². The maximum absolute atomic E-state index is 13.4. The van der Waals surface area contributed by atoms with Gasteiger partial charge in [-0.3, -0.25) is 19.6 Å². The quantitative estimate of drug-likeness (QED) is 0.609. The van der Waals surface area contributed by atoms with E-state index in [9.17, 15) is 9.59 Å². The van der Waals surface area contributed by atoms with Crippen molar-refractivity contribution in [2.75, 3.05) is 20.1 Å². The van der Waals surface area contributed by atoms with E-state index in [0.717, 1.165) is 42.1 Å². The van der Waals surface area contributed by atoms with E-state index in [1.54, 1.807) is 24.3 Å². The van der Waals surface area contributed by atoms with E-state index in [0.29, 0.717) is 12.8 Å². The largest absolute Gasteiger partial charge is 0.330 e. The second-order valence-corrected chi connectivity index (χ2v) is 8.48. The first-order valence-corrected chi connectivity index (χ1v) is 10.6. The van der Waals surface area contributed by atoms with Gasteiger partial charge >= 0.3 is 6.03 Å². The minimum absolute atomic E-state index is 0.0915. The van der Waals surface area contributed by atoms with Crippen LogP contribution in [0.4, 0.5) is 4.79 Å². The van der Waals surface area contributed by atoms with Crippen LogP contribution in [0.3, 0.4) is 0 Å². The summed E-state index contributed by atoms with van der Waals surface area (Å²) in [5.41, 5.74) is 2.22. The molecule has 8 heteroatoms. The van der Waals surface area contributed by atoms with E-state index in [1.165, 1.54) is 4.90 Å². The molecule has 160 valence electrons. The Kier molecular flexibility index (Phi) is 4.74. The molecule has 2 fully saturated rings. The summed E-state index contributed by atoms with van der Waals surface area (Å²) in [6.07, 6.45) is 4.64. The summed E-state index contributed by atoms with van der Waals surface area (Å²) in [6, 6.07) is 11.6. The molecule has 0 saturated carbocycles. The minimum Gasteiger partial charge on any atom is -0.330 e. The zero-order chi connectivity index (χ0) is 21.6. The van der Waals surface area contributed by atoms with Gasteiger partial charge in [0.2, 0.25) is 0 Å². The average Bonchev–Trinajstić information content (AvgIpc) is 3.20. The van der Waals surface area contributed by atoms with Crippen molar-refractivity contribution in [3.63, 3.8) is 0 Å². The maximum atomic E-state index is 13.4. The zero-order valence-electron chi connectivity index (χ0n) is 17.9. The Morgan fingerprint density at radius 1 is 1.00 bits per heavy atom. The van der Waals surface area contributed by atoms with Crippen molar-refractivity contribution in [3.05, 3.63) is 60.2 Å². The molecule has 0 unspecified atom stereocenters. The van der Waals surface area contributed by atoms with Crippen molar-refractivity contribution in [1.29, 1.82) is 0 Å². The monoisotopic (exact) mass is 418 g/mol. The molecule has 0 aliphatic carbocycles. The van der Waals surface area contributed by atoms with E-state index < -0.39 is 5.54 Å². The van der Waals surface area contributed by atoms with E-state index in [1.807, 2.05) is 37.4 Å². The van der Waals surface area contributed by atoms with E-state index in [2.05, 4.69) is 20.5 Å². The number of imide groups is 1. The van der Waals surface area contributed by atoms with Gasteiger partial charge in [-0.2, -0.15) is 0 Å². The summed E-state index contributed by atoms with van der Waals surface area (Å²) in [6.45, 7) is 2.48. The normalized spacial score (nSPS) is 19.2. The van der Waals surface area contributed by atoms with Crippen molar-refractivity contribution >= 4 is 23.0 Å². The molecule has 0 atom stereocenters. The number of fused-ring (bicyclic) bond motifs is 1. The number of hydrogen-bond acceptors (Lipinski definition) is 5. The number of benzene rings is 1. The summed E-state index contributed by atoms with van der Waals surface area (Å²) in [5.74, 6) is 0.920. The smallest absolute Gasteiger partial charge is 0.327 e. The third kappa shape index (κ3) is 3.18. The number of likely N-dealkylation sites (N-methyl/N-ethyl adjacent to an activating group) is 1. The first-order valence-electron chi connectivity index (χ1n) is 10.6. The molecular weight excluding hydrogens is 392 g/mol. The highest BCUT2D eigenvalue weighted by Gasteiger charge is 2.56. The molecule has 0 N–H and O–H groups in total. The lowest BCUT2D eigenvalue weighted by atomic mass is 9.86.